The lowest BCUT2D eigenvalue weighted by Crippen LogP contribution is -2.01. The second-order valence-electron chi connectivity index (χ2n) is 2.16. The third-order valence-corrected chi connectivity index (χ3v) is 1.48. The molecule has 3 nitrogen and oxygen atoms in total. The normalized spacial score (nSPS) is 9.64. The summed E-state index contributed by atoms with van der Waals surface area (Å²) in [4.78, 5) is 14.5. The summed E-state index contributed by atoms with van der Waals surface area (Å²) in [6, 6.07) is 3.25. The highest BCUT2D eigenvalue weighted by atomic mass is 35.5. The second kappa shape index (κ2) is 2.88. The van der Waals surface area contributed by atoms with Crippen LogP contribution in [0.3, 0.4) is 0 Å². The van der Waals surface area contributed by atoms with E-state index in [-0.39, 0.29) is 11.4 Å². The summed E-state index contributed by atoms with van der Waals surface area (Å²) < 4.78 is 0. The molecule has 0 atom stereocenters. The van der Waals surface area contributed by atoms with Gasteiger partial charge in [-0.1, -0.05) is 0 Å². The first kappa shape index (κ1) is 8.01. The zero-order valence-corrected chi connectivity index (χ0v) is 6.72. The topological polar surface area (TPSA) is 56.0 Å². The molecule has 0 saturated carbocycles. The zero-order valence-electron chi connectivity index (χ0n) is 5.97. The van der Waals surface area contributed by atoms with Crippen molar-refractivity contribution in [3.05, 3.63) is 23.4 Å². The average molecular weight is 171 g/mol. The van der Waals surface area contributed by atoms with Crippen LogP contribution in [0.2, 0.25) is 0 Å². The van der Waals surface area contributed by atoms with E-state index in [0.717, 1.165) is 5.69 Å². The highest BCUT2D eigenvalue weighted by Crippen LogP contribution is 2.11. The first-order valence-corrected chi connectivity index (χ1v) is 3.42. The van der Waals surface area contributed by atoms with Crippen LogP contribution in [-0.4, -0.2) is 10.2 Å². The van der Waals surface area contributed by atoms with Crippen LogP contribution in [0.1, 0.15) is 16.1 Å². The Morgan fingerprint density at radius 1 is 1.64 bits per heavy atom. The molecule has 0 aromatic carbocycles. The van der Waals surface area contributed by atoms with Crippen molar-refractivity contribution in [1.29, 1.82) is 0 Å². The van der Waals surface area contributed by atoms with Gasteiger partial charge >= 0.3 is 0 Å². The van der Waals surface area contributed by atoms with Crippen LogP contribution in [0.4, 0.5) is 5.82 Å². The largest absolute Gasteiger partial charge is 0.383 e. The molecule has 0 saturated heterocycles. The molecule has 0 bridgehead atoms. The molecule has 58 valence electrons. The van der Waals surface area contributed by atoms with Gasteiger partial charge in [-0.3, -0.25) is 4.79 Å². The van der Waals surface area contributed by atoms with Gasteiger partial charge < -0.3 is 5.73 Å². The molecule has 1 aromatic rings. The summed E-state index contributed by atoms with van der Waals surface area (Å²) in [6.45, 7) is 1.79. The third kappa shape index (κ3) is 1.68. The van der Waals surface area contributed by atoms with E-state index in [2.05, 4.69) is 4.98 Å². The van der Waals surface area contributed by atoms with Crippen molar-refractivity contribution in [2.45, 2.75) is 6.92 Å². The van der Waals surface area contributed by atoms with E-state index in [1.807, 2.05) is 0 Å². The van der Waals surface area contributed by atoms with E-state index >= 15 is 0 Å². The number of aromatic nitrogens is 1. The molecule has 0 aliphatic rings. The number of hydrogen-bond acceptors (Lipinski definition) is 3. The van der Waals surface area contributed by atoms with Crippen LogP contribution >= 0.6 is 11.6 Å². The maximum Gasteiger partial charge on any atom is 0.256 e. The predicted molar refractivity (Wildman–Crippen MR) is 43.6 cm³/mol. The SMILES string of the molecule is Cc1ccc(C(=O)Cl)c(N)n1. The highest BCUT2D eigenvalue weighted by molar-refractivity contribution is 6.68. The number of aryl methyl sites for hydroxylation is 1. The number of carbonyl (C=O) groups excluding carboxylic acids is 1. The van der Waals surface area contributed by atoms with Crippen molar-refractivity contribution in [1.82, 2.24) is 4.98 Å². The van der Waals surface area contributed by atoms with Crippen LogP contribution in [0.5, 0.6) is 0 Å². The monoisotopic (exact) mass is 170 g/mol. The molecule has 0 aliphatic carbocycles. The molecule has 0 fully saturated rings. The molecular weight excluding hydrogens is 164 g/mol. The lowest BCUT2D eigenvalue weighted by atomic mass is 10.2. The van der Waals surface area contributed by atoms with Gasteiger partial charge in [-0.2, -0.15) is 0 Å². The van der Waals surface area contributed by atoms with Crippen LogP contribution in [0, 0.1) is 6.92 Å². The van der Waals surface area contributed by atoms with E-state index in [1.165, 1.54) is 0 Å². The lowest BCUT2D eigenvalue weighted by Gasteiger charge is -1.98. The molecule has 0 radical (unpaired) electrons. The number of nitrogen functional groups attached to an aromatic ring is 1. The Bertz CT molecular complexity index is 298. The maximum atomic E-state index is 10.6. The van der Waals surface area contributed by atoms with Gasteiger partial charge in [-0.05, 0) is 30.7 Å². The molecule has 0 aliphatic heterocycles. The number of anilines is 1. The minimum absolute atomic E-state index is 0.185. The van der Waals surface area contributed by atoms with Gasteiger partial charge in [0.25, 0.3) is 5.24 Å². The molecule has 0 amide bonds. The van der Waals surface area contributed by atoms with Gasteiger partial charge in [0.1, 0.15) is 5.82 Å². The van der Waals surface area contributed by atoms with E-state index in [1.54, 1.807) is 19.1 Å². The average Bonchev–Trinajstić information content (AvgIpc) is 1.85. The third-order valence-electron chi connectivity index (χ3n) is 1.28. The number of pyridine rings is 1. The second-order valence-corrected chi connectivity index (χ2v) is 2.50. The zero-order chi connectivity index (χ0) is 8.43. The number of hydrogen-bond donors (Lipinski definition) is 1. The van der Waals surface area contributed by atoms with E-state index in [0.29, 0.717) is 0 Å². The standard InChI is InChI=1S/C7H7ClN2O/c1-4-2-3-5(6(8)11)7(9)10-4/h2-3H,1H3,(H2,9,10). The van der Waals surface area contributed by atoms with Gasteiger partial charge in [0.2, 0.25) is 0 Å². The summed E-state index contributed by atoms with van der Waals surface area (Å²) in [5.41, 5.74) is 6.44. The van der Waals surface area contributed by atoms with Crippen molar-refractivity contribution in [3.63, 3.8) is 0 Å². The van der Waals surface area contributed by atoms with Crippen LogP contribution in [0.15, 0.2) is 12.1 Å². The van der Waals surface area contributed by atoms with E-state index in [9.17, 15) is 4.79 Å². The predicted octanol–water partition coefficient (Wildman–Crippen LogP) is 1.35. The van der Waals surface area contributed by atoms with Crippen molar-refractivity contribution < 1.29 is 4.79 Å². The quantitative estimate of drug-likeness (QED) is 0.648. The molecule has 0 spiro atoms. The van der Waals surface area contributed by atoms with Gasteiger partial charge in [0, 0.05) is 5.69 Å². The smallest absolute Gasteiger partial charge is 0.256 e. The summed E-state index contributed by atoms with van der Waals surface area (Å²) in [7, 11) is 0. The minimum atomic E-state index is -0.574. The molecule has 4 heteroatoms. The first-order chi connectivity index (χ1) is 5.11. The summed E-state index contributed by atoms with van der Waals surface area (Å²) >= 11 is 5.20. The molecule has 0 unspecified atom stereocenters. The first-order valence-electron chi connectivity index (χ1n) is 3.04. The summed E-state index contributed by atoms with van der Waals surface area (Å²) in [5.74, 6) is 0.185. The lowest BCUT2D eigenvalue weighted by molar-refractivity contribution is 0.108. The molecule has 1 aromatic heterocycles. The van der Waals surface area contributed by atoms with Gasteiger partial charge in [-0.15, -0.1) is 0 Å². The fourth-order valence-corrected chi connectivity index (χ4v) is 0.903. The van der Waals surface area contributed by atoms with E-state index in [4.69, 9.17) is 17.3 Å². The van der Waals surface area contributed by atoms with Crippen LogP contribution in [0.25, 0.3) is 0 Å². The van der Waals surface area contributed by atoms with Gasteiger partial charge in [0.05, 0.1) is 5.56 Å². The maximum absolute atomic E-state index is 10.6. The number of halogens is 1. The Balaban J connectivity index is 3.20. The van der Waals surface area contributed by atoms with Crippen LogP contribution in [-0.2, 0) is 0 Å². The molecule has 1 rings (SSSR count). The number of nitrogens with zero attached hydrogens (tertiary/aromatic N) is 1. The van der Waals surface area contributed by atoms with Gasteiger partial charge in [0.15, 0.2) is 0 Å². The fourth-order valence-electron chi connectivity index (χ4n) is 0.743. The van der Waals surface area contributed by atoms with Crippen LogP contribution < -0.4 is 5.73 Å². The summed E-state index contributed by atoms with van der Waals surface area (Å²) in [6.07, 6.45) is 0. The van der Waals surface area contributed by atoms with Crippen molar-refractivity contribution in [2.75, 3.05) is 5.73 Å². The summed E-state index contributed by atoms with van der Waals surface area (Å²) in [5, 5.41) is -0.574. The Morgan fingerprint density at radius 2 is 2.27 bits per heavy atom. The van der Waals surface area contributed by atoms with E-state index < -0.39 is 5.24 Å². The number of nitrogens with two attached hydrogens (primary N) is 1. The molecule has 2 N–H and O–H groups in total. The van der Waals surface area contributed by atoms with Crippen molar-refractivity contribution in [2.24, 2.45) is 0 Å². The molecule has 11 heavy (non-hydrogen) atoms. The van der Waals surface area contributed by atoms with Crippen molar-refractivity contribution in [3.8, 4) is 0 Å². The Labute approximate surface area is 69.2 Å². The Hall–Kier alpha value is -1.09. The Morgan fingerprint density at radius 3 is 2.73 bits per heavy atom. The van der Waals surface area contributed by atoms with Gasteiger partial charge in [-0.25, -0.2) is 4.98 Å². The molecular formula is C7H7ClN2O. The number of carbonyl (C=O) groups is 1. The fraction of sp³-hybridized carbons (Fsp3) is 0.143. The van der Waals surface area contributed by atoms with Crippen molar-refractivity contribution >= 4 is 22.7 Å². The Kier molecular flexibility index (Phi) is 2.10. The minimum Gasteiger partial charge on any atom is -0.383 e. The number of rotatable bonds is 1. The molecule has 1 heterocycles. The highest BCUT2D eigenvalue weighted by Gasteiger charge is 2.06.